The molecule has 34 heavy (non-hydrogen) atoms. The molecule has 8 heteroatoms. The van der Waals surface area contributed by atoms with Crippen molar-refractivity contribution >= 4 is 34.3 Å². The summed E-state index contributed by atoms with van der Waals surface area (Å²) in [4.78, 5) is 25.5. The van der Waals surface area contributed by atoms with Crippen molar-refractivity contribution in [1.29, 1.82) is 0 Å². The molecule has 0 saturated carbocycles. The zero-order chi connectivity index (χ0) is 23.5. The molecular weight excluding hydrogens is 426 g/mol. The summed E-state index contributed by atoms with van der Waals surface area (Å²) in [6.07, 6.45) is 6.76. The zero-order valence-electron chi connectivity index (χ0n) is 19.1. The van der Waals surface area contributed by atoms with Gasteiger partial charge in [-0.15, -0.1) is 0 Å². The number of carbonyl (C=O) groups excluding carboxylic acids is 1. The summed E-state index contributed by atoms with van der Waals surface area (Å²) in [7, 11) is 2.16. The smallest absolute Gasteiger partial charge is 0.247 e. The summed E-state index contributed by atoms with van der Waals surface area (Å²) in [6, 6.07) is 16.0. The van der Waals surface area contributed by atoms with E-state index in [4.69, 9.17) is 0 Å². The van der Waals surface area contributed by atoms with Gasteiger partial charge < -0.3 is 20.4 Å². The van der Waals surface area contributed by atoms with Crippen LogP contribution in [0.4, 0.5) is 22.9 Å². The normalized spacial score (nSPS) is 14.2. The van der Waals surface area contributed by atoms with E-state index < -0.39 is 0 Å². The van der Waals surface area contributed by atoms with Crippen LogP contribution < -0.4 is 15.5 Å². The minimum absolute atomic E-state index is 0.251. The highest BCUT2D eigenvalue weighted by molar-refractivity contribution is 5.99. The molecule has 1 aliphatic heterocycles. The Morgan fingerprint density at radius 1 is 1.00 bits per heavy atom. The molecule has 0 bridgehead atoms. The predicted molar refractivity (Wildman–Crippen MR) is 137 cm³/mol. The summed E-state index contributed by atoms with van der Waals surface area (Å²) < 4.78 is 1.99. The van der Waals surface area contributed by atoms with Crippen molar-refractivity contribution < 1.29 is 4.79 Å². The summed E-state index contributed by atoms with van der Waals surface area (Å²) >= 11 is 0. The molecule has 2 aromatic heterocycles. The first-order valence-electron chi connectivity index (χ1n) is 11.3. The first kappa shape index (κ1) is 21.7. The average molecular weight is 454 g/mol. The number of amides is 1. The number of anilines is 4. The number of aromatic nitrogens is 3. The SMILES string of the molecule is C=CC(=O)Nc1cccc(-c2ncc3cnc(Nc4ccc(N5CCN(C)CC5)cc4)cn23)c1. The van der Waals surface area contributed by atoms with Crippen LogP contribution >= 0.6 is 0 Å². The van der Waals surface area contributed by atoms with E-state index in [-0.39, 0.29) is 5.91 Å². The van der Waals surface area contributed by atoms with E-state index in [2.05, 4.69) is 68.3 Å². The summed E-state index contributed by atoms with van der Waals surface area (Å²) in [6.45, 7) is 7.76. The Hall–Kier alpha value is -4.17. The maximum Gasteiger partial charge on any atom is 0.247 e. The molecule has 1 amide bonds. The standard InChI is InChI=1S/C26H27N7O/c1-3-25(34)30-21-6-4-5-19(15-21)26-28-17-23-16-27-24(18-33(23)26)29-20-7-9-22(10-8-20)32-13-11-31(2)12-14-32/h3-10,15-18,29H,1,11-14H2,2H3,(H,30,34). The fourth-order valence-electron chi connectivity index (χ4n) is 4.07. The molecular formula is C26H27N7O. The van der Waals surface area contributed by atoms with Crippen LogP contribution in [0.25, 0.3) is 16.9 Å². The van der Waals surface area contributed by atoms with Crippen molar-refractivity contribution in [1.82, 2.24) is 19.3 Å². The Kier molecular flexibility index (Phi) is 5.97. The van der Waals surface area contributed by atoms with E-state index in [1.807, 2.05) is 34.9 Å². The number of benzene rings is 2. The van der Waals surface area contributed by atoms with Crippen molar-refractivity contribution in [3.05, 3.63) is 79.8 Å². The topological polar surface area (TPSA) is 77.8 Å². The average Bonchev–Trinajstić information content (AvgIpc) is 3.28. The van der Waals surface area contributed by atoms with Crippen molar-refractivity contribution in [2.75, 3.05) is 48.8 Å². The number of piperazine rings is 1. The number of likely N-dealkylation sites (N-methyl/N-ethyl adjacent to an activating group) is 1. The quantitative estimate of drug-likeness (QED) is 0.430. The van der Waals surface area contributed by atoms with E-state index in [9.17, 15) is 4.79 Å². The molecule has 2 aromatic carbocycles. The highest BCUT2D eigenvalue weighted by Crippen LogP contribution is 2.25. The largest absolute Gasteiger partial charge is 0.369 e. The number of imidazole rings is 1. The van der Waals surface area contributed by atoms with Gasteiger partial charge in [0.05, 0.1) is 24.1 Å². The van der Waals surface area contributed by atoms with Crippen LogP contribution in [0.3, 0.4) is 0 Å². The molecule has 0 atom stereocenters. The lowest BCUT2D eigenvalue weighted by Crippen LogP contribution is -2.44. The number of carbonyl (C=O) groups is 1. The van der Waals surface area contributed by atoms with E-state index in [1.165, 1.54) is 11.8 Å². The molecule has 0 unspecified atom stereocenters. The third-order valence-corrected chi connectivity index (χ3v) is 5.99. The summed E-state index contributed by atoms with van der Waals surface area (Å²) in [5.41, 5.74) is 4.66. The van der Waals surface area contributed by atoms with Crippen molar-refractivity contribution in [3.8, 4) is 11.4 Å². The monoisotopic (exact) mass is 453 g/mol. The van der Waals surface area contributed by atoms with Gasteiger partial charge in [0.15, 0.2) is 0 Å². The Morgan fingerprint density at radius 3 is 2.53 bits per heavy atom. The van der Waals surface area contributed by atoms with Gasteiger partial charge in [-0.1, -0.05) is 18.7 Å². The second-order valence-corrected chi connectivity index (χ2v) is 8.39. The first-order chi connectivity index (χ1) is 16.6. The number of fused-ring (bicyclic) bond motifs is 1. The Balaban J connectivity index is 1.36. The summed E-state index contributed by atoms with van der Waals surface area (Å²) in [5.74, 6) is 1.23. The first-order valence-corrected chi connectivity index (χ1v) is 11.3. The second kappa shape index (κ2) is 9.36. The van der Waals surface area contributed by atoms with E-state index in [0.717, 1.165) is 54.6 Å². The third-order valence-electron chi connectivity index (χ3n) is 5.99. The zero-order valence-corrected chi connectivity index (χ0v) is 19.1. The molecule has 0 radical (unpaired) electrons. The minimum atomic E-state index is -0.251. The maximum absolute atomic E-state index is 11.7. The van der Waals surface area contributed by atoms with Gasteiger partial charge in [0.1, 0.15) is 11.6 Å². The lowest BCUT2D eigenvalue weighted by Gasteiger charge is -2.34. The van der Waals surface area contributed by atoms with Crippen LogP contribution in [0.5, 0.6) is 0 Å². The molecule has 1 saturated heterocycles. The van der Waals surface area contributed by atoms with Gasteiger partial charge in [-0.3, -0.25) is 9.20 Å². The van der Waals surface area contributed by atoms with Gasteiger partial charge >= 0.3 is 0 Å². The number of hydrogen-bond donors (Lipinski definition) is 2. The molecule has 0 aliphatic carbocycles. The molecule has 1 aliphatic rings. The van der Waals surface area contributed by atoms with Crippen LogP contribution in [0, 0.1) is 0 Å². The molecule has 2 N–H and O–H groups in total. The van der Waals surface area contributed by atoms with Crippen LogP contribution in [-0.2, 0) is 4.79 Å². The van der Waals surface area contributed by atoms with E-state index in [0.29, 0.717) is 5.69 Å². The highest BCUT2D eigenvalue weighted by Gasteiger charge is 2.14. The van der Waals surface area contributed by atoms with Crippen LogP contribution in [-0.4, -0.2) is 58.4 Å². The lowest BCUT2D eigenvalue weighted by atomic mass is 10.2. The van der Waals surface area contributed by atoms with Gasteiger partial charge in [-0.25, -0.2) is 9.97 Å². The van der Waals surface area contributed by atoms with Crippen LogP contribution in [0.2, 0.25) is 0 Å². The number of nitrogens with zero attached hydrogens (tertiary/aromatic N) is 5. The lowest BCUT2D eigenvalue weighted by molar-refractivity contribution is -0.111. The minimum Gasteiger partial charge on any atom is -0.369 e. The van der Waals surface area contributed by atoms with E-state index in [1.54, 1.807) is 12.4 Å². The third kappa shape index (κ3) is 4.62. The molecule has 172 valence electrons. The Bertz CT molecular complexity index is 1320. The van der Waals surface area contributed by atoms with Gasteiger partial charge in [0.25, 0.3) is 0 Å². The molecule has 8 nitrogen and oxygen atoms in total. The number of rotatable bonds is 6. The molecule has 1 fully saturated rings. The van der Waals surface area contributed by atoms with Gasteiger partial charge in [-0.05, 0) is 49.5 Å². The van der Waals surface area contributed by atoms with Gasteiger partial charge in [0, 0.05) is 48.8 Å². The molecule has 4 aromatic rings. The van der Waals surface area contributed by atoms with Crippen molar-refractivity contribution in [2.24, 2.45) is 0 Å². The van der Waals surface area contributed by atoms with Gasteiger partial charge in [0.2, 0.25) is 5.91 Å². The predicted octanol–water partition coefficient (Wildman–Crippen LogP) is 4.02. The Morgan fingerprint density at radius 2 is 1.76 bits per heavy atom. The summed E-state index contributed by atoms with van der Waals surface area (Å²) in [5, 5.41) is 6.18. The van der Waals surface area contributed by atoms with Crippen LogP contribution in [0.1, 0.15) is 0 Å². The van der Waals surface area contributed by atoms with E-state index >= 15 is 0 Å². The van der Waals surface area contributed by atoms with Crippen LogP contribution in [0.15, 0.2) is 79.8 Å². The van der Waals surface area contributed by atoms with Crippen molar-refractivity contribution in [3.63, 3.8) is 0 Å². The molecule has 0 spiro atoms. The van der Waals surface area contributed by atoms with Crippen molar-refractivity contribution in [2.45, 2.75) is 0 Å². The van der Waals surface area contributed by atoms with Gasteiger partial charge in [-0.2, -0.15) is 0 Å². The fraction of sp³-hybridized carbons (Fsp3) is 0.192. The maximum atomic E-state index is 11.7. The highest BCUT2D eigenvalue weighted by atomic mass is 16.1. The molecule has 5 rings (SSSR count). The number of nitrogens with one attached hydrogen (secondary N) is 2. The number of hydrogen-bond acceptors (Lipinski definition) is 6. The second-order valence-electron chi connectivity index (χ2n) is 8.39. The fourth-order valence-corrected chi connectivity index (χ4v) is 4.07. The molecule has 3 heterocycles. The Labute approximate surface area is 198 Å².